The number of aliphatic hydroxyl groups excluding tert-OH is 1. The second-order valence-corrected chi connectivity index (χ2v) is 5.48. The number of alkyl halides is 3. The van der Waals surface area contributed by atoms with Crippen LogP contribution in [-0.4, -0.2) is 60.6 Å². The van der Waals surface area contributed by atoms with Gasteiger partial charge in [0.2, 0.25) is 0 Å². The summed E-state index contributed by atoms with van der Waals surface area (Å²) in [5.41, 5.74) is 0.885. The van der Waals surface area contributed by atoms with Gasteiger partial charge in [-0.3, -0.25) is 4.90 Å². The van der Waals surface area contributed by atoms with Crippen LogP contribution in [0.3, 0.4) is 0 Å². The van der Waals surface area contributed by atoms with Crippen molar-refractivity contribution in [3.8, 4) is 5.75 Å². The Labute approximate surface area is 121 Å². The molecule has 0 aliphatic carbocycles. The van der Waals surface area contributed by atoms with Gasteiger partial charge in [-0.15, -0.1) is 13.2 Å². The van der Waals surface area contributed by atoms with E-state index in [0.717, 1.165) is 12.1 Å². The molecule has 0 unspecified atom stereocenters. The minimum atomic E-state index is -4.67. The number of hydrogen-bond acceptors (Lipinski definition) is 4. The predicted molar refractivity (Wildman–Crippen MR) is 71.9 cm³/mol. The Morgan fingerprint density at radius 1 is 1.24 bits per heavy atom. The van der Waals surface area contributed by atoms with Crippen LogP contribution in [0.25, 0.3) is 0 Å². The number of likely N-dealkylation sites (N-methyl/N-ethyl adjacent to an activating group) is 1. The lowest BCUT2D eigenvalue weighted by Crippen LogP contribution is -2.37. The van der Waals surface area contributed by atoms with Gasteiger partial charge < -0.3 is 14.7 Å². The first-order valence-corrected chi connectivity index (χ1v) is 6.66. The lowest BCUT2D eigenvalue weighted by atomic mass is 10.2. The minimum Gasteiger partial charge on any atom is -0.406 e. The highest BCUT2D eigenvalue weighted by molar-refractivity contribution is 5.27. The molecule has 1 fully saturated rings. The second-order valence-electron chi connectivity index (χ2n) is 5.48. The van der Waals surface area contributed by atoms with E-state index in [2.05, 4.69) is 9.64 Å². The zero-order chi connectivity index (χ0) is 15.6. The van der Waals surface area contributed by atoms with Gasteiger partial charge >= 0.3 is 6.36 Å². The fourth-order valence-corrected chi connectivity index (χ4v) is 2.54. The Morgan fingerprint density at radius 2 is 1.86 bits per heavy atom. The molecule has 21 heavy (non-hydrogen) atoms. The van der Waals surface area contributed by atoms with Gasteiger partial charge in [0.15, 0.2) is 0 Å². The summed E-state index contributed by atoms with van der Waals surface area (Å²) >= 11 is 0. The third-order valence-electron chi connectivity index (χ3n) is 3.56. The standard InChI is InChI=1S/C14H19F3N2O2/c1-18(2)12-8-19(9-13(12)20)7-10-3-5-11(6-4-10)21-14(15,16)17/h3-6,12-13,20H,7-9H2,1-2H3/t12-,13-/m1/s1. The van der Waals surface area contributed by atoms with Gasteiger partial charge in [-0.25, -0.2) is 0 Å². The van der Waals surface area contributed by atoms with E-state index in [9.17, 15) is 18.3 Å². The minimum absolute atomic E-state index is 0.0813. The molecule has 1 aromatic carbocycles. The van der Waals surface area contributed by atoms with Gasteiger partial charge in [-0.2, -0.15) is 0 Å². The smallest absolute Gasteiger partial charge is 0.406 e. The Morgan fingerprint density at radius 3 is 2.33 bits per heavy atom. The molecule has 2 rings (SSSR count). The van der Waals surface area contributed by atoms with Crippen LogP contribution in [-0.2, 0) is 6.54 Å². The summed E-state index contributed by atoms with van der Waals surface area (Å²) in [5.74, 6) is -0.223. The van der Waals surface area contributed by atoms with Gasteiger partial charge in [0.05, 0.1) is 6.10 Å². The third-order valence-corrected chi connectivity index (χ3v) is 3.56. The Bertz CT molecular complexity index is 462. The maximum absolute atomic E-state index is 12.1. The molecule has 1 aliphatic heterocycles. The number of hydrogen-bond donors (Lipinski definition) is 1. The molecule has 0 saturated carbocycles. The largest absolute Gasteiger partial charge is 0.573 e. The van der Waals surface area contributed by atoms with E-state index in [1.807, 2.05) is 19.0 Å². The Balaban J connectivity index is 1.92. The van der Waals surface area contributed by atoms with Crippen molar-refractivity contribution in [2.75, 3.05) is 27.2 Å². The number of rotatable bonds is 4. The number of aliphatic hydroxyl groups is 1. The molecule has 7 heteroatoms. The molecule has 1 aliphatic rings. The molecule has 0 bridgehead atoms. The van der Waals surface area contributed by atoms with Gasteiger partial charge in [0.1, 0.15) is 5.75 Å². The van der Waals surface area contributed by atoms with Crippen molar-refractivity contribution in [1.29, 1.82) is 0 Å². The van der Waals surface area contributed by atoms with E-state index in [4.69, 9.17) is 0 Å². The molecular weight excluding hydrogens is 285 g/mol. The lowest BCUT2D eigenvalue weighted by Gasteiger charge is -2.21. The summed E-state index contributed by atoms with van der Waals surface area (Å²) in [6, 6.07) is 5.91. The van der Waals surface area contributed by atoms with Crippen LogP contribution in [0.5, 0.6) is 5.75 Å². The monoisotopic (exact) mass is 304 g/mol. The van der Waals surface area contributed by atoms with Crippen LogP contribution in [0.4, 0.5) is 13.2 Å². The first kappa shape index (κ1) is 16.1. The van der Waals surface area contributed by atoms with Crippen molar-refractivity contribution in [2.45, 2.75) is 25.1 Å². The van der Waals surface area contributed by atoms with Crippen molar-refractivity contribution in [3.63, 3.8) is 0 Å². The summed E-state index contributed by atoms with van der Waals surface area (Å²) < 4.78 is 40.0. The van der Waals surface area contributed by atoms with Crippen molar-refractivity contribution < 1.29 is 23.0 Å². The first-order valence-electron chi connectivity index (χ1n) is 6.66. The molecule has 0 spiro atoms. The molecule has 1 N–H and O–H groups in total. The molecule has 0 radical (unpaired) electrons. The van der Waals surface area contributed by atoms with Gasteiger partial charge in [0, 0.05) is 25.7 Å². The number of halogens is 3. The van der Waals surface area contributed by atoms with Crippen molar-refractivity contribution in [3.05, 3.63) is 29.8 Å². The van der Waals surface area contributed by atoms with Crippen LogP contribution in [0, 0.1) is 0 Å². The zero-order valence-corrected chi connectivity index (χ0v) is 12.0. The van der Waals surface area contributed by atoms with E-state index in [1.165, 1.54) is 12.1 Å². The molecular formula is C14H19F3N2O2. The summed E-state index contributed by atoms with van der Waals surface area (Å²) in [6.45, 7) is 1.88. The summed E-state index contributed by atoms with van der Waals surface area (Å²) in [5, 5.41) is 9.95. The molecule has 4 nitrogen and oxygen atoms in total. The summed E-state index contributed by atoms with van der Waals surface area (Å²) in [6.07, 6.45) is -5.08. The molecule has 0 amide bonds. The highest BCUT2D eigenvalue weighted by atomic mass is 19.4. The van der Waals surface area contributed by atoms with E-state index in [1.54, 1.807) is 12.1 Å². The number of likely N-dealkylation sites (tertiary alicyclic amines) is 1. The maximum Gasteiger partial charge on any atom is 0.573 e. The normalized spacial score (nSPS) is 23.8. The number of β-amino-alcohol motifs (C(OH)–C–C–N with tert-alkyl or cyclic N) is 1. The Kier molecular flexibility index (Phi) is 4.75. The van der Waals surface area contributed by atoms with Crippen molar-refractivity contribution in [2.24, 2.45) is 0 Å². The fraction of sp³-hybridized carbons (Fsp3) is 0.571. The average Bonchev–Trinajstić information content (AvgIpc) is 2.71. The molecule has 1 saturated heterocycles. The Hall–Kier alpha value is -1.31. The third kappa shape index (κ3) is 4.59. The first-order chi connectivity index (χ1) is 9.74. The van der Waals surface area contributed by atoms with Crippen LogP contribution in [0.15, 0.2) is 24.3 Å². The predicted octanol–water partition coefficient (Wildman–Crippen LogP) is 1.69. The highest BCUT2D eigenvalue weighted by Gasteiger charge is 2.33. The van der Waals surface area contributed by atoms with E-state index in [-0.39, 0.29) is 11.8 Å². The van der Waals surface area contributed by atoms with E-state index >= 15 is 0 Å². The summed E-state index contributed by atoms with van der Waals surface area (Å²) in [4.78, 5) is 4.06. The summed E-state index contributed by atoms with van der Waals surface area (Å²) in [7, 11) is 3.83. The van der Waals surface area contributed by atoms with E-state index < -0.39 is 12.5 Å². The molecule has 2 atom stereocenters. The van der Waals surface area contributed by atoms with Crippen molar-refractivity contribution in [1.82, 2.24) is 9.80 Å². The second kappa shape index (κ2) is 6.21. The topological polar surface area (TPSA) is 35.9 Å². The molecule has 0 aromatic heterocycles. The van der Waals surface area contributed by atoms with Gasteiger partial charge in [0.25, 0.3) is 0 Å². The van der Waals surface area contributed by atoms with Crippen LogP contribution in [0.2, 0.25) is 0 Å². The molecule has 118 valence electrons. The van der Waals surface area contributed by atoms with Crippen LogP contribution in [0.1, 0.15) is 5.56 Å². The average molecular weight is 304 g/mol. The molecule has 1 heterocycles. The number of ether oxygens (including phenoxy) is 1. The van der Waals surface area contributed by atoms with Gasteiger partial charge in [-0.05, 0) is 31.8 Å². The lowest BCUT2D eigenvalue weighted by molar-refractivity contribution is -0.274. The van der Waals surface area contributed by atoms with Crippen LogP contribution < -0.4 is 4.74 Å². The fourth-order valence-electron chi connectivity index (χ4n) is 2.54. The zero-order valence-electron chi connectivity index (χ0n) is 12.0. The molecule has 1 aromatic rings. The number of benzene rings is 1. The van der Waals surface area contributed by atoms with Crippen LogP contribution >= 0.6 is 0 Å². The van der Waals surface area contributed by atoms with Crippen molar-refractivity contribution >= 4 is 0 Å². The quantitative estimate of drug-likeness (QED) is 0.918. The van der Waals surface area contributed by atoms with Gasteiger partial charge in [-0.1, -0.05) is 12.1 Å². The highest BCUT2D eigenvalue weighted by Crippen LogP contribution is 2.24. The number of nitrogens with zero attached hydrogens (tertiary/aromatic N) is 2. The maximum atomic E-state index is 12.1. The van der Waals surface area contributed by atoms with E-state index in [0.29, 0.717) is 13.1 Å². The SMILES string of the molecule is CN(C)[C@@H]1CN(Cc2ccc(OC(F)(F)F)cc2)C[C@H]1O.